The van der Waals surface area contributed by atoms with Crippen molar-refractivity contribution in [2.24, 2.45) is 0 Å². The van der Waals surface area contributed by atoms with E-state index in [0.29, 0.717) is 5.92 Å². The van der Waals surface area contributed by atoms with E-state index in [1.54, 1.807) is 6.20 Å². The third-order valence-corrected chi connectivity index (χ3v) is 2.48. The van der Waals surface area contributed by atoms with Crippen LogP contribution < -0.4 is 0 Å². The molecule has 0 spiro atoms. The topological polar surface area (TPSA) is 36.7 Å². The van der Waals surface area contributed by atoms with E-state index >= 15 is 0 Å². The predicted molar refractivity (Wildman–Crippen MR) is 45.6 cm³/mol. The molecule has 2 unspecified atom stereocenters. The van der Waals surface area contributed by atoms with Crippen LogP contribution in [0.5, 0.6) is 0 Å². The fourth-order valence-corrected chi connectivity index (χ4v) is 1.84. The summed E-state index contributed by atoms with van der Waals surface area (Å²) in [5.74, 6) is 0.523. The molecule has 12 heavy (non-hydrogen) atoms. The molecule has 0 bridgehead atoms. The largest absolute Gasteiger partial charge is 0.260 e. The van der Waals surface area contributed by atoms with Gasteiger partial charge in [-0.05, 0) is 24.0 Å². The normalized spacial score (nSPS) is 26.3. The molecule has 0 aliphatic heterocycles. The number of fused-ring (bicyclic) bond motifs is 1. The smallest absolute Gasteiger partial charge is 0.0893 e. The third kappa shape index (κ3) is 0.902. The van der Waals surface area contributed by atoms with Crippen molar-refractivity contribution in [2.75, 3.05) is 0 Å². The number of nitrogens with zero attached hydrogens (tertiary/aromatic N) is 2. The van der Waals surface area contributed by atoms with Crippen LogP contribution in [0.25, 0.3) is 0 Å². The summed E-state index contributed by atoms with van der Waals surface area (Å²) < 4.78 is 0. The molecule has 0 fully saturated rings. The minimum absolute atomic E-state index is 0.0243. The molecule has 2 nitrogen and oxygen atoms in total. The highest BCUT2D eigenvalue weighted by Gasteiger charge is 2.28. The maximum absolute atomic E-state index is 8.84. The van der Waals surface area contributed by atoms with E-state index < -0.39 is 0 Å². The first kappa shape index (κ1) is 7.30. The number of nitriles is 1. The second kappa shape index (κ2) is 2.60. The molecule has 0 radical (unpaired) electrons. The first-order valence-electron chi connectivity index (χ1n) is 4.17. The summed E-state index contributed by atoms with van der Waals surface area (Å²) in [6, 6.07) is 6.30. The number of hydrogen-bond acceptors (Lipinski definition) is 2. The van der Waals surface area contributed by atoms with Crippen LogP contribution in [-0.4, -0.2) is 4.98 Å². The predicted octanol–water partition coefficient (Wildman–Crippen LogP) is 2.20. The first-order chi connectivity index (χ1) is 5.83. The lowest BCUT2D eigenvalue weighted by Crippen LogP contribution is -1.91. The van der Waals surface area contributed by atoms with Gasteiger partial charge in [0.2, 0.25) is 0 Å². The van der Waals surface area contributed by atoms with Crippen LogP contribution >= 0.6 is 0 Å². The van der Waals surface area contributed by atoms with Gasteiger partial charge in [0, 0.05) is 6.20 Å². The molecule has 60 valence electrons. The van der Waals surface area contributed by atoms with Crippen molar-refractivity contribution in [2.45, 2.75) is 25.2 Å². The molecule has 0 N–H and O–H groups in total. The average molecular weight is 158 g/mol. The van der Waals surface area contributed by atoms with E-state index in [1.165, 1.54) is 5.56 Å². The summed E-state index contributed by atoms with van der Waals surface area (Å²) >= 11 is 0. The molecule has 0 amide bonds. The zero-order chi connectivity index (χ0) is 8.55. The fourth-order valence-electron chi connectivity index (χ4n) is 1.84. The lowest BCUT2D eigenvalue weighted by molar-refractivity contribution is 0.702. The van der Waals surface area contributed by atoms with Crippen molar-refractivity contribution >= 4 is 0 Å². The van der Waals surface area contributed by atoms with Gasteiger partial charge in [0.05, 0.1) is 17.7 Å². The van der Waals surface area contributed by atoms with Crippen molar-refractivity contribution in [3.63, 3.8) is 0 Å². The van der Waals surface area contributed by atoms with Crippen LogP contribution in [0.3, 0.4) is 0 Å². The number of hydrogen-bond donors (Lipinski definition) is 0. The Morgan fingerprint density at radius 1 is 1.67 bits per heavy atom. The second-order valence-corrected chi connectivity index (χ2v) is 3.30. The molecular formula is C10H10N2. The number of aromatic nitrogens is 1. The van der Waals surface area contributed by atoms with Crippen molar-refractivity contribution in [1.29, 1.82) is 5.26 Å². The van der Waals surface area contributed by atoms with E-state index in [4.69, 9.17) is 5.26 Å². The Hall–Kier alpha value is -1.36. The first-order valence-corrected chi connectivity index (χ1v) is 4.17. The number of pyridine rings is 1. The monoisotopic (exact) mass is 158 g/mol. The Labute approximate surface area is 71.9 Å². The quantitative estimate of drug-likeness (QED) is 0.580. The molecular weight excluding hydrogens is 148 g/mol. The molecule has 2 heteroatoms. The van der Waals surface area contributed by atoms with Gasteiger partial charge in [0.25, 0.3) is 0 Å². The summed E-state index contributed by atoms with van der Waals surface area (Å²) in [7, 11) is 0. The second-order valence-electron chi connectivity index (χ2n) is 3.30. The lowest BCUT2D eigenvalue weighted by Gasteiger charge is -2.00. The molecule has 0 aromatic carbocycles. The van der Waals surface area contributed by atoms with Gasteiger partial charge in [-0.15, -0.1) is 0 Å². The van der Waals surface area contributed by atoms with Crippen LogP contribution in [0.4, 0.5) is 0 Å². The van der Waals surface area contributed by atoms with Crippen LogP contribution in [0, 0.1) is 11.3 Å². The van der Waals surface area contributed by atoms with Crippen LogP contribution in [0.1, 0.15) is 36.4 Å². The van der Waals surface area contributed by atoms with Crippen molar-refractivity contribution in [3.8, 4) is 6.07 Å². The van der Waals surface area contributed by atoms with E-state index in [-0.39, 0.29) is 5.92 Å². The molecule has 1 aliphatic carbocycles. The summed E-state index contributed by atoms with van der Waals surface area (Å²) in [6.07, 6.45) is 2.70. The van der Waals surface area contributed by atoms with E-state index in [0.717, 1.165) is 12.1 Å². The van der Waals surface area contributed by atoms with Crippen LogP contribution in [0.2, 0.25) is 0 Å². The molecule has 1 heterocycles. The third-order valence-electron chi connectivity index (χ3n) is 2.48. The lowest BCUT2D eigenvalue weighted by atomic mass is 10.1. The minimum Gasteiger partial charge on any atom is -0.260 e. The van der Waals surface area contributed by atoms with Gasteiger partial charge in [0.15, 0.2) is 0 Å². The average Bonchev–Trinajstić information content (AvgIpc) is 2.44. The van der Waals surface area contributed by atoms with E-state index in [9.17, 15) is 0 Å². The standard InChI is InChI=1S/C10H10N2/c1-7-5-8(6-11)10-9(7)3-2-4-12-10/h2-4,7-8H,5H2,1H3. The molecule has 1 aromatic rings. The van der Waals surface area contributed by atoms with Gasteiger partial charge in [-0.3, -0.25) is 4.98 Å². The Morgan fingerprint density at radius 2 is 2.50 bits per heavy atom. The SMILES string of the molecule is CC1CC(C#N)c2ncccc21. The van der Waals surface area contributed by atoms with Gasteiger partial charge in [-0.2, -0.15) is 5.26 Å². The van der Waals surface area contributed by atoms with Gasteiger partial charge in [-0.25, -0.2) is 0 Å². The highest BCUT2D eigenvalue weighted by molar-refractivity contribution is 5.35. The minimum atomic E-state index is 0.0243. The summed E-state index contributed by atoms with van der Waals surface area (Å²) in [6.45, 7) is 2.15. The molecule has 2 rings (SSSR count). The highest BCUT2D eigenvalue weighted by atomic mass is 14.7. The molecule has 2 atom stereocenters. The molecule has 1 aliphatic rings. The highest BCUT2D eigenvalue weighted by Crippen LogP contribution is 2.39. The van der Waals surface area contributed by atoms with Gasteiger partial charge in [0.1, 0.15) is 0 Å². The van der Waals surface area contributed by atoms with Crippen molar-refractivity contribution < 1.29 is 0 Å². The van der Waals surface area contributed by atoms with Crippen molar-refractivity contribution in [3.05, 3.63) is 29.6 Å². The van der Waals surface area contributed by atoms with Crippen LogP contribution in [0.15, 0.2) is 18.3 Å². The van der Waals surface area contributed by atoms with Crippen LogP contribution in [-0.2, 0) is 0 Å². The zero-order valence-corrected chi connectivity index (χ0v) is 6.99. The fraction of sp³-hybridized carbons (Fsp3) is 0.400. The molecule has 0 saturated carbocycles. The van der Waals surface area contributed by atoms with E-state index in [1.807, 2.05) is 6.07 Å². The Morgan fingerprint density at radius 3 is 3.25 bits per heavy atom. The maximum atomic E-state index is 8.84. The van der Waals surface area contributed by atoms with E-state index in [2.05, 4.69) is 24.0 Å². The number of rotatable bonds is 0. The van der Waals surface area contributed by atoms with Gasteiger partial charge < -0.3 is 0 Å². The van der Waals surface area contributed by atoms with Gasteiger partial charge in [-0.1, -0.05) is 13.0 Å². The Balaban J connectivity index is 2.52. The maximum Gasteiger partial charge on any atom is 0.0893 e. The summed E-state index contributed by atoms with van der Waals surface area (Å²) in [4.78, 5) is 4.24. The zero-order valence-electron chi connectivity index (χ0n) is 6.99. The summed E-state index contributed by atoms with van der Waals surface area (Å²) in [5.41, 5.74) is 2.25. The Kier molecular flexibility index (Phi) is 1.58. The molecule has 1 aromatic heterocycles. The summed E-state index contributed by atoms with van der Waals surface area (Å²) in [5, 5.41) is 8.84. The van der Waals surface area contributed by atoms with Gasteiger partial charge >= 0.3 is 0 Å². The van der Waals surface area contributed by atoms with Crippen molar-refractivity contribution in [1.82, 2.24) is 4.98 Å². The molecule has 0 saturated heterocycles. The Bertz CT molecular complexity index is 338.